The maximum Gasteiger partial charge on any atom is 0.181 e. The SMILES string of the molecule is CCc1cccc[n+]1CCCCCCCCCCO.[Cl-]. The molecule has 0 bridgehead atoms. The zero-order valence-electron chi connectivity index (χ0n) is 12.9. The number of aryl methyl sites for hydroxylation is 2. The van der Waals surface area contributed by atoms with E-state index in [9.17, 15) is 0 Å². The number of aromatic nitrogens is 1. The maximum atomic E-state index is 8.69. The van der Waals surface area contributed by atoms with E-state index >= 15 is 0 Å². The number of aliphatic hydroxyl groups excluding tert-OH is 1. The smallest absolute Gasteiger partial charge is 0.181 e. The Morgan fingerprint density at radius 1 is 0.900 bits per heavy atom. The molecule has 0 unspecified atom stereocenters. The minimum absolute atomic E-state index is 0. The Bertz CT molecular complexity index is 331. The average Bonchev–Trinajstić information content (AvgIpc) is 2.46. The number of halogens is 1. The van der Waals surface area contributed by atoms with E-state index in [0.717, 1.165) is 19.4 Å². The summed E-state index contributed by atoms with van der Waals surface area (Å²) in [6.45, 7) is 3.74. The van der Waals surface area contributed by atoms with E-state index < -0.39 is 0 Å². The topological polar surface area (TPSA) is 24.1 Å². The van der Waals surface area contributed by atoms with E-state index in [4.69, 9.17) is 5.11 Å². The van der Waals surface area contributed by atoms with Crippen LogP contribution in [-0.4, -0.2) is 11.7 Å². The molecule has 0 atom stereocenters. The number of pyridine rings is 1. The van der Waals surface area contributed by atoms with Crippen molar-refractivity contribution in [1.29, 1.82) is 0 Å². The number of rotatable bonds is 11. The van der Waals surface area contributed by atoms with Crippen LogP contribution in [0.1, 0.15) is 64.0 Å². The molecular formula is C17H30ClNO. The third-order valence-electron chi connectivity index (χ3n) is 3.70. The summed E-state index contributed by atoms with van der Waals surface area (Å²) in [6.07, 6.45) is 13.4. The van der Waals surface area contributed by atoms with Crippen LogP contribution in [0.15, 0.2) is 24.4 Å². The highest BCUT2D eigenvalue weighted by Crippen LogP contribution is 2.08. The van der Waals surface area contributed by atoms with Gasteiger partial charge in [0.15, 0.2) is 11.9 Å². The van der Waals surface area contributed by atoms with Crippen molar-refractivity contribution in [2.75, 3.05) is 6.61 Å². The van der Waals surface area contributed by atoms with Gasteiger partial charge in [-0.3, -0.25) is 0 Å². The van der Waals surface area contributed by atoms with Gasteiger partial charge in [-0.2, -0.15) is 0 Å². The summed E-state index contributed by atoms with van der Waals surface area (Å²) in [6, 6.07) is 6.48. The van der Waals surface area contributed by atoms with Crippen LogP contribution >= 0.6 is 0 Å². The lowest BCUT2D eigenvalue weighted by molar-refractivity contribution is -0.704. The Morgan fingerprint density at radius 3 is 2.10 bits per heavy atom. The molecule has 116 valence electrons. The molecule has 1 aromatic rings. The van der Waals surface area contributed by atoms with Gasteiger partial charge in [-0.05, 0) is 12.8 Å². The van der Waals surface area contributed by atoms with Crippen LogP contribution in [0.4, 0.5) is 0 Å². The Balaban J connectivity index is 0.00000361. The van der Waals surface area contributed by atoms with Gasteiger partial charge in [-0.1, -0.05) is 45.1 Å². The van der Waals surface area contributed by atoms with E-state index in [2.05, 4.69) is 35.9 Å². The number of aliphatic hydroxyl groups is 1. The molecule has 1 N–H and O–H groups in total. The summed E-state index contributed by atoms with van der Waals surface area (Å²) in [7, 11) is 0. The zero-order valence-corrected chi connectivity index (χ0v) is 13.6. The highest BCUT2D eigenvalue weighted by atomic mass is 35.5. The maximum absolute atomic E-state index is 8.69. The number of unbranched alkanes of at least 4 members (excludes halogenated alkanes) is 7. The Hall–Kier alpha value is -0.600. The molecule has 0 aliphatic heterocycles. The summed E-state index contributed by atoms with van der Waals surface area (Å²) in [5.74, 6) is 0. The molecule has 1 aromatic heterocycles. The van der Waals surface area contributed by atoms with Crippen molar-refractivity contribution in [2.24, 2.45) is 0 Å². The molecule has 0 spiro atoms. The first-order valence-electron chi connectivity index (χ1n) is 7.96. The Kier molecular flexibility index (Phi) is 13.0. The van der Waals surface area contributed by atoms with Crippen LogP contribution in [0.5, 0.6) is 0 Å². The first-order chi connectivity index (χ1) is 9.38. The van der Waals surface area contributed by atoms with Gasteiger partial charge in [-0.25, -0.2) is 4.57 Å². The predicted octanol–water partition coefficient (Wildman–Crippen LogP) is 0.654. The average molecular weight is 300 g/mol. The Morgan fingerprint density at radius 2 is 1.50 bits per heavy atom. The third kappa shape index (κ3) is 8.55. The van der Waals surface area contributed by atoms with Crippen molar-refractivity contribution in [2.45, 2.75) is 71.3 Å². The molecule has 0 radical (unpaired) electrons. The lowest BCUT2D eigenvalue weighted by Crippen LogP contribution is -3.00. The first kappa shape index (κ1) is 19.4. The largest absolute Gasteiger partial charge is 1.00 e. The second-order valence-electron chi connectivity index (χ2n) is 5.29. The quantitative estimate of drug-likeness (QED) is 0.471. The lowest BCUT2D eigenvalue weighted by atomic mass is 10.1. The van der Waals surface area contributed by atoms with Crippen molar-refractivity contribution < 1.29 is 22.1 Å². The summed E-state index contributed by atoms with van der Waals surface area (Å²) < 4.78 is 2.39. The number of nitrogens with zero attached hydrogens (tertiary/aromatic N) is 1. The van der Waals surface area contributed by atoms with Gasteiger partial charge in [-0.15, -0.1) is 0 Å². The van der Waals surface area contributed by atoms with Gasteiger partial charge in [0, 0.05) is 31.6 Å². The highest BCUT2D eigenvalue weighted by molar-refractivity contribution is 4.96. The molecule has 0 aliphatic carbocycles. The van der Waals surface area contributed by atoms with Crippen molar-refractivity contribution in [3.63, 3.8) is 0 Å². The van der Waals surface area contributed by atoms with Gasteiger partial charge in [0.05, 0.1) is 0 Å². The van der Waals surface area contributed by atoms with Crippen molar-refractivity contribution in [3.05, 3.63) is 30.1 Å². The minimum atomic E-state index is 0. The van der Waals surface area contributed by atoms with Gasteiger partial charge in [0.1, 0.15) is 6.54 Å². The van der Waals surface area contributed by atoms with Crippen molar-refractivity contribution in [3.8, 4) is 0 Å². The molecule has 0 aromatic carbocycles. The standard InChI is InChI=1S/C17H30NO.ClH/c1-2-17-13-9-11-15-18(17)14-10-7-5-3-4-6-8-12-16-19;/h9,11,13,15,19H,2-8,10,12,14,16H2,1H3;1H/q+1;/p-1. The normalized spacial score (nSPS) is 10.3. The summed E-state index contributed by atoms with van der Waals surface area (Å²) in [5, 5.41) is 8.69. The van der Waals surface area contributed by atoms with Crippen LogP contribution in [0.25, 0.3) is 0 Å². The van der Waals surface area contributed by atoms with Crippen LogP contribution < -0.4 is 17.0 Å². The molecule has 2 nitrogen and oxygen atoms in total. The summed E-state index contributed by atoms with van der Waals surface area (Å²) in [4.78, 5) is 0. The Labute approximate surface area is 130 Å². The van der Waals surface area contributed by atoms with Crippen LogP contribution in [-0.2, 0) is 13.0 Å². The van der Waals surface area contributed by atoms with Gasteiger partial charge in [0.25, 0.3) is 0 Å². The van der Waals surface area contributed by atoms with E-state index in [1.54, 1.807) is 0 Å². The molecule has 0 amide bonds. The molecule has 0 aliphatic rings. The zero-order chi connectivity index (χ0) is 13.8. The van der Waals surface area contributed by atoms with E-state index in [-0.39, 0.29) is 12.4 Å². The molecule has 3 heteroatoms. The second-order valence-corrected chi connectivity index (χ2v) is 5.29. The second kappa shape index (κ2) is 13.4. The summed E-state index contributed by atoms with van der Waals surface area (Å²) >= 11 is 0. The minimum Gasteiger partial charge on any atom is -1.00 e. The lowest BCUT2D eigenvalue weighted by Gasteiger charge is -2.03. The fourth-order valence-electron chi connectivity index (χ4n) is 2.51. The highest BCUT2D eigenvalue weighted by Gasteiger charge is 2.05. The fraction of sp³-hybridized carbons (Fsp3) is 0.706. The first-order valence-corrected chi connectivity index (χ1v) is 7.96. The molecular weight excluding hydrogens is 270 g/mol. The van der Waals surface area contributed by atoms with Gasteiger partial charge in [0.2, 0.25) is 0 Å². The molecule has 20 heavy (non-hydrogen) atoms. The van der Waals surface area contributed by atoms with Crippen LogP contribution in [0.2, 0.25) is 0 Å². The predicted molar refractivity (Wildman–Crippen MR) is 80.0 cm³/mol. The molecule has 1 rings (SSSR count). The molecule has 0 fully saturated rings. The van der Waals surface area contributed by atoms with E-state index in [1.807, 2.05) is 0 Å². The molecule has 0 saturated carbocycles. The van der Waals surface area contributed by atoms with Crippen LogP contribution in [0.3, 0.4) is 0 Å². The third-order valence-corrected chi connectivity index (χ3v) is 3.70. The number of hydrogen-bond acceptors (Lipinski definition) is 1. The van der Waals surface area contributed by atoms with Crippen molar-refractivity contribution in [1.82, 2.24) is 0 Å². The van der Waals surface area contributed by atoms with Gasteiger partial charge < -0.3 is 17.5 Å². The van der Waals surface area contributed by atoms with Crippen molar-refractivity contribution >= 4 is 0 Å². The molecule has 1 heterocycles. The van der Waals surface area contributed by atoms with E-state index in [0.29, 0.717) is 6.61 Å². The van der Waals surface area contributed by atoms with Crippen LogP contribution in [0, 0.1) is 0 Å². The van der Waals surface area contributed by atoms with E-state index in [1.165, 1.54) is 50.6 Å². The fourth-order valence-corrected chi connectivity index (χ4v) is 2.51. The number of hydrogen-bond donors (Lipinski definition) is 1. The molecule has 0 saturated heterocycles. The summed E-state index contributed by atoms with van der Waals surface area (Å²) in [5.41, 5.74) is 1.44. The van der Waals surface area contributed by atoms with Gasteiger partial charge >= 0.3 is 0 Å². The monoisotopic (exact) mass is 299 g/mol.